The van der Waals surface area contributed by atoms with E-state index in [1.165, 1.54) is 25.7 Å². The van der Waals surface area contributed by atoms with Gasteiger partial charge in [-0.3, -0.25) is 9.69 Å². The molecule has 110 valence electrons. The molecule has 0 aromatic rings. The van der Waals surface area contributed by atoms with Gasteiger partial charge in [0.2, 0.25) is 5.91 Å². The highest BCUT2D eigenvalue weighted by Gasteiger charge is 2.34. The summed E-state index contributed by atoms with van der Waals surface area (Å²) in [6, 6.07) is -0.0589. The van der Waals surface area contributed by atoms with Crippen LogP contribution in [0.4, 0.5) is 0 Å². The first-order valence-corrected chi connectivity index (χ1v) is 7.33. The number of rotatable bonds is 6. The summed E-state index contributed by atoms with van der Waals surface area (Å²) in [7, 11) is 3.67. The maximum Gasteiger partial charge on any atom is 0.237 e. The number of likely N-dealkylation sites (tertiary alicyclic amines) is 1. The molecule has 0 radical (unpaired) electrons. The number of carbonyl (C=O) groups excluding carboxylic acids is 1. The number of methoxy groups -OCH3 is 1. The molecule has 19 heavy (non-hydrogen) atoms. The van der Waals surface area contributed by atoms with E-state index >= 15 is 0 Å². The lowest BCUT2D eigenvalue weighted by molar-refractivity contribution is -0.125. The molecule has 2 fully saturated rings. The number of nitrogens with one attached hydrogen (secondary N) is 1. The van der Waals surface area contributed by atoms with Crippen LogP contribution in [0.3, 0.4) is 0 Å². The van der Waals surface area contributed by atoms with Gasteiger partial charge in [0.25, 0.3) is 0 Å². The van der Waals surface area contributed by atoms with E-state index in [1.54, 1.807) is 7.11 Å². The van der Waals surface area contributed by atoms with Crippen molar-refractivity contribution in [1.29, 1.82) is 0 Å². The van der Waals surface area contributed by atoms with Crippen molar-refractivity contribution in [2.24, 2.45) is 0 Å². The van der Waals surface area contributed by atoms with E-state index in [2.05, 4.69) is 10.2 Å². The van der Waals surface area contributed by atoms with E-state index in [1.807, 2.05) is 7.05 Å². The van der Waals surface area contributed by atoms with Gasteiger partial charge in [0.05, 0.1) is 24.9 Å². The molecule has 2 aliphatic rings. The van der Waals surface area contributed by atoms with Crippen LogP contribution in [0.15, 0.2) is 0 Å². The van der Waals surface area contributed by atoms with E-state index in [9.17, 15) is 4.79 Å². The highest BCUT2D eigenvalue weighted by Crippen LogP contribution is 2.20. The number of ether oxygens (including phenoxy) is 2. The van der Waals surface area contributed by atoms with Crippen LogP contribution < -0.4 is 5.32 Å². The smallest absolute Gasteiger partial charge is 0.237 e. The Morgan fingerprint density at radius 3 is 2.68 bits per heavy atom. The van der Waals surface area contributed by atoms with E-state index in [4.69, 9.17) is 9.47 Å². The molecule has 2 atom stereocenters. The Labute approximate surface area is 115 Å². The average Bonchev–Trinajstić information content (AvgIpc) is 3.03. The third-order valence-electron chi connectivity index (χ3n) is 4.20. The zero-order valence-electron chi connectivity index (χ0n) is 12.1. The van der Waals surface area contributed by atoms with Crippen LogP contribution in [0.5, 0.6) is 0 Å². The molecular formula is C14H26N2O3. The first-order chi connectivity index (χ1) is 9.20. The number of nitrogens with zero attached hydrogens (tertiary/aromatic N) is 1. The molecule has 1 aliphatic carbocycles. The van der Waals surface area contributed by atoms with Gasteiger partial charge in [-0.25, -0.2) is 0 Å². The monoisotopic (exact) mass is 270 g/mol. The van der Waals surface area contributed by atoms with Crippen molar-refractivity contribution < 1.29 is 14.3 Å². The number of hydrogen-bond acceptors (Lipinski definition) is 4. The Morgan fingerprint density at radius 1 is 1.32 bits per heavy atom. The predicted octanol–water partition coefficient (Wildman–Crippen LogP) is 0.781. The molecule has 1 aliphatic heterocycles. The summed E-state index contributed by atoms with van der Waals surface area (Å²) >= 11 is 0. The lowest BCUT2D eigenvalue weighted by Gasteiger charge is -2.18. The lowest BCUT2D eigenvalue weighted by atomic mass is 10.2. The second kappa shape index (κ2) is 7.22. The van der Waals surface area contributed by atoms with Crippen molar-refractivity contribution in [2.75, 3.05) is 33.9 Å². The molecule has 0 unspecified atom stereocenters. The standard InChI is InChI=1S/C14H26N2O3/c1-16-10-12(18-2)9-13(16)14(17)15-7-8-19-11-5-3-4-6-11/h11-13H,3-10H2,1-2H3,(H,15,17)/t12-,13-/m0/s1. The molecule has 0 bridgehead atoms. The maximum atomic E-state index is 12.0. The van der Waals surface area contributed by atoms with Crippen molar-refractivity contribution in [2.45, 2.75) is 50.4 Å². The van der Waals surface area contributed by atoms with Gasteiger partial charge in [-0.2, -0.15) is 0 Å². The summed E-state index contributed by atoms with van der Waals surface area (Å²) in [5, 5.41) is 2.96. The van der Waals surface area contributed by atoms with Gasteiger partial charge in [-0.05, 0) is 26.3 Å². The Hall–Kier alpha value is -0.650. The largest absolute Gasteiger partial charge is 0.380 e. The maximum absolute atomic E-state index is 12.0. The Bertz CT molecular complexity index is 292. The summed E-state index contributed by atoms with van der Waals surface area (Å²) in [4.78, 5) is 14.1. The molecule has 0 aromatic carbocycles. The second-order valence-electron chi connectivity index (χ2n) is 5.62. The molecule has 0 spiro atoms. The van der Waals surface area contributed by atoms with Crippen molar-refractivity contribution >= 4 is 5.91 Å². The number of amides is 1. The minimum absolute atomic E-state index is 0.0589. The van der Waals surface area contributed by atoms with Crippen LogP contribution in [-0.2, 0) is 14.3 Å². The summed E-state index contributed by atoms with van der Waals surface area (Å²) in [5.74, 6) is 0.0945. The zero-order chi connectivity index (χ0) is 13.7. The highest BCUT2D eigenvalue weighted by atomic mass is 16.5. The molecule has 1 N–H and O–H groups in total. The van der Waals surface area contributed by atoms with Crippen molar-refractivity contribution in [1.82, 2.24) is 10.2 Å². The summed E-state index contributed by atoms with van der Waals surface area (Å²) in [6.45, 7) is 2.06. The van der Waals surface area contributed by atoms with Gasteiger partial charge in [0, 0.05) is 20.2 Å². The van der Waals surface area contributed by atoms with Gasteiger partial charge in [0.15, 0.2) is 0 Å². The number of carbonyl (C=O) groups is 1. The van der Waals surface area contributed by atoms with Crippen molar-refractivity contribution in [3.8, 4) is 0 Å². The summed E-state index contributed by atoms with van der Waals surface area (Å²) < 4.78 is 11.0. The van der Waals surface area contributed by atoms with Crippen LogP contribution in [-0.4, -0.2) is 62.9 Å². The van der Waals surface area contributed by atoms with Crippen LogP contribution in [0, 0.1) is 0 Å². The topological polar surface area (TPSA) is 50.8 Å². The highest BCUT2D eigenvalue weighted by molar-refractivity contribution is 5.82. The van der Waals surface area contributed by atoms with E-state index < -0.39 is 0 Å². The quantitative estimate of drug-likeness (QED) is 0.725. The SMILES string of the molecule is CO[C@H]1C[C@@H](C(=O)NCCOC2CCCC2)N(C)C1. The van der Waals surface area contributed by atoms with Crippen molar-refractivity contribution in [3.05, 3.63) is 0 Å². The van der Waals surface area contributed by atoms with Crippen LogP contribution in [0.25, 0.3) is 0 Å². The van der Waals surface area contributed by atoms with Gasteiger partial charge in [-0.15, -0.1) is 0 Å². The minimum atomic E-state index is -0.0589. The van der Waals surface area contributed by atoms with Crippen LogP contribution >= 0.6 is 0 Å². The molecule has 1 heterocycles. The fourth-order valence-corrected chi connectivity index (χ4v) is 3.00. The summed E-state index contributed by atoms with van der Waals surface area (Å²) in [6.07, 6.45) is 6.29. The van der Waals surface area contributed by atoms with Gasteiger partial charge >= 0.3 is 0 Å². The third kappa shape index (κ3) is 4.16. The predicted molar refractivity (Wildman–Crippen MR) is 73.0 cm³/mol. The Morgan fingerprint density at radius 2 is 2.05 bits per heavy atom. The molecule has 0 aromatic heterocycles. The third-order valence-corrected chi connectivity index (χ3v) is 4.20. The average molecular weight is 270 g/mol. The molecule has 1 saturated heterocycles. The van der Waals surface area contributed by atoms with Gasteiger partial charge < -0.3 is 14.8 Å². The molecular weight excluding hydrogens is 244 g/mol. The fourth-order valence-electron chi connectivity index (χ4n) is 3.00. The Kier molecular flexibility index (Phi) is 5.60. The van der Waals surface area contributed by atoms with Crippen LogP contribution in [0.2, 0.25) is 0 Å². The molecule has 2 rings (SSSR count). The fraction of sp³-hybridized carbons (Fsp3) is 0.929. The zero-order valence-corrected chi connectivity index (χ0v) is 12.1. The normalized spacial score (nSPS) is 28.9. The first kappa shape index (κ1) is 14.8. The van der Waals surface area contributed by atoms with E-state index in [-0.39, 0.29) is 18.1 Å². The summed E-state index contributed by atoms with van der Waals surface area (Å²) in [5.41, 5.74) is 0. The number of hydrogen-bond donors (Lipinski definition) is 1. The molecule has 1 amide bonds. The Balaban J connectivity index is 1.61. The molecule has 5 heteroatoms. The van der Waals surface area contributed by atoms with E-state index in [0.717, 1.165) is 13.0 Å². The molecule has 5 nitrogen and oxygen atoms in total. The van der Waals surface area contributed by atoms with Crippen LogP contribution in [0.1, 0.15) is 32.1 Å². The van der Waals surface area contributed by atoms with Gasteiger partial charge in [0.1, 0.15) is 0 Å². The minimum Gasteiger partial charge on any atom is -0.380 e. The number of likely N-dealkylation sites (N-methyl/N-ethyl adjacent to an activating group) is 1. The lowest BCUT2D eigenvalue weighted by Crippen LogP contribution is -2.42. The van der Waals surface area contributed by atoms with Crippen molar-refractivity contribution in [3.63, 3.8) is 0 Å². The molecule has 1 saturated carbocycles. The van der Waals surface area contributed by atoms with E-state index in [0.29, 0.717) is 19.3 Å². The van der Waals surface area contributed by atoms with Gasteiger partial charge in [-0.1, -0.05) is 12.8 Å². The second-order valence-corrected chi connectivity index (χ2v) is 5.62. The first-order valence-electron chi connectivity index (χ1n) is 7.33.